The number of hydrogen-bond acceptors (Lipinski definition) is 6. The number of aryl methyl sites for hydroxylation is 1. The molecule has 2 aromatic rings. The van der Waals surface area contributed by atoms with Crippen molar-refractivity contribution < 1.29 is 29.3 Å². The molecule has 0 radical (unpaired) electrons. The molecule has 0 aliphatic heterocycles. The fraction of sp³-hybridized carbons (Fsp3) is 0.267. The summed E-state index contributed by atoms with van der Waals surface area (Å²) in [6.45, 7) is -0.365. The van der Waals surface area contributed by atoms with Gasteiger partial charge in [-0.25, -0.2) is 9.78 Å². The van der Waals surface area contributed by atoms with Crippen LogP contribution < -0.4 is 5.32 Å². The molecular formula is C15H15BrN2O6. The normalized spacial score (nSPS) is 12.0. The van der Waals surface area contributed by atoms with Gasteiger partial charge in [0.1, 0.15) is 6.26 Å². The van der Waals surface area contributed by atoms with Crippen LogP contribution in [-0.2, 0) is 6.42 Å². The summed E-state index contributed by atoms with van der Waals surface area (Å²) < 4.78 is 5.70. The second-order valence-electron chi connectivity index (χ2n) is 4.95. The number of carbonyl (C=O) groups excluding carboxylic acids is 1. The van der Waals surface area contributed by atoms with Crippen molar-refractivity contribution in [3.8, 4) is 0 Å². The van der Waals surface area contributed by atoms with E-state index in [9.17, 15) is 19.8 Å². The van der Waals surface area contributed by atoms with Crippen molar-refractivity contribution in [1.29, 1.82) is 0 Å². The molecule has 24 heavy (non-hydrogen) atoms. The molecule has 0 fully saturated rings. The van der Waals surface area contributed by atoms with E-state index >= 15 is 0 Å². The van der Waals surface area contributed by atoms with E-state index in [1.54, 1.807) is 6.07 Å². The summed E-state index contributed by atoms with van der Waals surface area (Å²) in [6.07, 6.45) is 0.770. The molecule has 1 aromatic heterocycles. The van der Waals surface area contributed by atoms with Crippen molar-refractivity contribution in [3.63, 3.8) is 0 Å². The van der Waals surface area contributed by atoms with Crippen LogP contribution in [0.5, 0.6) is 0 Å². The Hall–Kier alpha value is -2.23. The summed E-state index contributed by atoms with van der Waals surface area (Å²) in [4.78, 5) is 27.4. The highest BCUT2D eigenvalue weighted by atomic mass is 79.9. The van der Waals surface area contributed by atoms with E-state index in [0.29, 0.717) is 4.47 Å². The largest absolute Gasteiger partial charge is 0.478 e. The number of benzene rings is 1. The lowest BCUT2D eigenvalue weighted by molar-refractivity contribution is 0.0698. The molecule has 4 N–H and O–H groups in total. The lowest BCUT2D eigenvalue weighted by Gasteiger charge is -2.07. The number of aromatic nitrogens is 1. The van der Waals surface area contributed by atoms with Gasteiger partial charge in [0, 0.05) is 10.9 Å². The number of aromatic carboxylic acids is 1. The van der Waals surface area contributed by atoms with Gasteiger partial charge in [-0.2, -0.15) is 0 Å². The number of anilines is 1. The molecule has 128 valence electrons. The average Bonchev–Trinajstić information content (AvgIpc) is 3.03. The van der Waals surface area contributed by atoms with Gasteiger partial charge in [-0.1, -0.05) is 15.9 Å². The minimum Gasteiger partial charge on any atom is -0.478 e. The van der Waals surface area contributed by atoms with Gasteiger partial charge in [0.2, 0.25) is 0 Å². The monoisotopic (exact) mass is 398 g/mol. The van der Waals surface area contributed by atoms with Gasteiger partial charge < -0.3 is 25.1 Å². The van der Waals surface area contributed by atoms with Gasteiger partial charge in [-0.15, -0.1) is 0 Å². The number of oxazole rings is 1. The van der Waals surface area contributed by atoms with Crippen LogP contribution in [0.1, 0.15) is 33.2 Å². The fourth-order valence-corrected chi connectivity index (χ4v) is 2.26. The third-order valence-corrected chi connectivity index (χ3v) is 3.64. The topological polar surface area (TPSA) is 133 Å². The summed E-state index contributed by atoms with van der Waals surface area (Å²) in [5, 5.41) is 29.7. The summed E-state index contributed by atoms with van der Waals surface area (Å²) in [5.41, 5.74) is 0.0613. The van der Waals surface area contributed by atoms with Gasteiger partial charge in [0.25, 0.3) is 5.91 Å². The molecule has 1 atom stereocenters. The first-order valence-corrected chi connectivity index (χ1v) is 7.77. The van der Waals surface area contributed by atoms with Crippen molar-refractivity contribution in [2.75, 3.05) is 11.9 Å². The maximum Gasteiger partial charge on any atom is 0.337 e. The smallest absolute Gasteiger partial charge is 0.337 e. The fourth-order valence-electron chi connectivity index (χ4n) is 1.90. The first-order chi connectivity index (χ1) is 11.4. The molecule has 0 bridgehead atoms. The van der Waals surface area contributed by atoms with Gasteiger partial charge in [0.05, 0.1) is 24.0 Å². The highest BCUT2D eigenvalue weighted by Gasteiger charge is 2.17. The maximum absolute atomic E-state index is 12.2. The number of halogens is 1. The van der Waals surface area contributed by atoms with Gasteiger partial charge >= 0.3 is 5.97 Å². The minimum absolute atomic E-state index is 0.0113. The Balaban J connectivity index is 2.08. The highest BCUT2D eigenvalue weighted by Crippen LogP contribution is 2.22. The Kier molecular flexibility index (Phi) is 6.07. The molecule has 8 nitrogen and oxygen atoms in total. The van der Waals surface area contributed by atoms with Crippen molar-refractivity contribution in [3.05, 3.63) is 46.1 Å². The van der Waals surface area contributed by atoms with Gasteiger partial charge in [-0.05, 0) is 24.6 Å². The van der Waals surface area contributed by atoms with Crippen LogP contribution in [0, 0.1) is 0 Å². The zero-order chi connectivity index (χ0) is 17.7. The Morgan fingerprint density at radius 3 is 2.79 bits per heavy atom. The molecule has 0 unspecified atom stereocenters. The first kappa shape index (κ1) is 18.1. The Bertz CT molecular complexity index is 745. The number of carboxylic acid groups (broad SMARTS) is 1. The number of nitrogens with zero attached hydrogens (tertiary/aromatic N) is 1. The van der Waals surface area contributed by atoms with E-state index in [-0.39, 0.29) is 42.3 Å². The lowest BCUT2D eigenvalue weighted by atomic mass is 10.2. The quantitative estimate of drug-likeness (QED) is 0.557. The molecule has 0 saturated heterocycles. The van der Waals surface area contributed by atoms with Crippen LogP contribution in [-0.4, -0.2) is 44.9 Å². The molecule has 1 aromatic carbocycles. The summed E-state index contributed by atoms with van der Waals surface area (Å²) in [5.74, 6) is -1.55. The van der Waals surface area contributed by atoms with Crippen LogP contribution >= 0.6 is 15.9 Å². The van der Waals surface area contributed by atoms with Crippen LogP contribution in [0.2, 0.25) is 0 Å². The Morgan fingerprint density at radius 2 is 2.12 bits per heavy atom. The summed E-state index contributed by atoms with van der Waals surface area (Å²) in [7, 11) is 0. The third kappa shape index (κ3) is 4.63. The first-order valence-electron chi connectivity index (χ1n) is 6.98. The highest BCUT2D eigenvalue weighted by molar-refractivity contribution is 9.10. The number of carbonyl (C=O) groups is 2. The molecule has 0 aliphatic rings. The van der Waals surface area contributed by atoms with Crippen LogP contribution in [0.25, 0.3) is 0 Å². The molecule has 0 aliphatic carbocycles. The summed E-state index contributed by atoms with van der Waals surface area (Å²) in [6, 6.07) is 4.44. The molecule has 1 amide bonds. The number of carboxylic acids is 1. The molecule has 1 heterocycles. The number of nitrogens with one attached hydrogen (secondary N) is 1. The lowest BCUT2D eigenvalue weighted by Crippen LogP contribution is -2.15. The molecule has 2 rings (SSSR count). The van der Waals surface area contributed by atoms with Crippen LogP contribution in [0.3, 0.4) is 0 Å². The number of aliphatic hydroxyl groups is 2. The SMILES string of the molecule is O=C(Nc1ccc(Br)cc1C(=O)O)c1coc(CC[C@@H](O)CO)n1. The number of aliphatic hydroxyl groups excluding tert-OH is 2. The van der Waals surface area contributed by atoms with E-state index in [0.717, 1.165) is 6.26 Å². The zero-order valence-corrected chi connectivity index (χ0v) is 14.0. The number of amides is 1. The molecular weight excluding hydrogens is 384 g/mol. The maximum atomic E-state index is 12.2. The van der Waals surface area contributed by atoms with Crippen molar-refractivity contribution >= 4 is 33.5 Å². The Labute approximate surface area is 145 Å². The third-order valence-electron chi connectivity index (χ3n) is 3.15. The van der Waals surface area contributed by atoms with Crippen molar-refractivity contribution in [2.24, 2.45) is 0 Å². The van der Waals surface area contributed by atoms with E-state index in [1.807, 2.05) is 0 Å². The minimum atomic E-state index is -1.18. The second-order valence-corrected chi connectivity index (χ2v) is 5.87. The molecule has 9 heteroatoms. The zero-order valence-electron chi connectivity index (χ0n) is 12.4. The van der Waals surface area contributed by atoms with E-state index in [2.05, 4.69) is 26.2 Å². The van der Waals surface area contributed by atoms with Crippen molar-refractivity contribution in [1.82, 2.24) is 4.98 Å². The predicted octanol–water partition coefficient (Wildman–Crippen LogP) is 1.67. The van der Waals surface area contributed by atoms with Crippen LogP contribution in [0.4, 0.5) is 5.69 Å². The van der Waals surface area contributed by atoms with Gasteiger partial charge in [-0.3, -0.25) is 4.79 Å². The summed E-state index contributed by atoms with van der Waals surface area (Å²) >= 11 is 3.17. The number of rotatable bonds is 7. The Morgan fingerprint density at radius 1 is 1.38 bits per heavy atom. The number of hydrogen-bond donors (Lipinski definition) is 4. The average molecular weight is 399 g/mol. The van der Waals surface area contributed by atoms with E-state index < -0.39 is 18.0 Å². The van der Waals surface area contributed by atoms with E-state index in [1.165, 1.54) is 12.1 Å². The second kappa shape index (κ2) is 8.04. The molecule has 0 spiro atoms. The molecule has 0 saturated carbocycles. The van der Waals surface area contributed by atoms with Crippen LogP contribution in [0.15, 0.2) is 33.4 Å². The predicted molar refractivity (Wildman–Crippen MR) is 87.0 cm³/mol. The van der Waals surface area contributed by atoms with Crippen molar-refractivity contribution in [2.45, 2.75) is 18.9 Å². The van der Waals surface area contributed by atoms with Gasteiger partial charge in [0.15, 0.2) is 11.6 Å². The van der Waals surface area contributed by atoms with E-state index in [4.69, 9.17) is 9.52 Å². The standard InChI is InChI=1S/C15H15BrN2O6/c16-8-1-3-11(10(5-8)15(22)23)18-14(21)12-7-24-13(17-12)4-2-9(20)6-19/h1,3,5,7,9,19-20H,2,4,6H2,(H,18,21)(H,22,23)/t9-/m1/s1.